The van der Waals surface area contributed by atoms with E-state index in [0.29, 0.717) is 31.3 Å². The lowest BCUT2D eigenvalue weighted by Gasteiger charge is -2.17. The standard InChI is InChI=1S/C20H25N3O3/c24-20(16-10-11-25-17-9-5-4-8-15(17)12-16)21-13-18-22-19(23-26-18)14-6-2-1-3-7-14/h4-5,8-9,14,16H,1-3,6-7,10-13H2,(H,21,24)/t16-/m0/s1. The zero-order chi connectivity index (χ0) is 17.8. The van der Waals surface area contributed by atoms with Gasteiger partial charge in [-0.1, -0.05) is 42.6 Å². The Bertz CT molecular complexity index is 752. The molecule has 6 nitrogen and oxygen atoms in total. The number of aromatic nitrogens is 2. The average Bonchev–Trinajstić information content (AvgIpc) is 3.05. The molecule has 0 unspecified atom stereocenters. The maximum Gasteiger partial charge on any atom is 0.246 e. The number of ether oxygens (including phenoxy) is 1. The van der Waals surface area contributed by atoms with Crippen LogP contribution in [0.25, 0.3) is 0 Å². The molecule has 1 aliphatic heterocycles. The van der Waals surface area contributed by atoms with E-state index in [0.717, 1.165) is 30.0 Å². The predicted octanol–water partition coefficient (Wildman–Crippen LogP) is 3.37. The van der Waals surface area contributed by atoms with Gasteiger partial charge in [-0.3, -0.25) is 4.79 Å². The molecule has 0 bridgehead atoms. The Hall–Kier alpha value is -2.37. The molecule has 4 rings (SSSR count). The molecule has 1 N–H and O–H groups in total. The van der Waals surface area contributed by atoms with Gasteiger partial charge in [0, 0.05) is 11.8 Å². The second-order valence-corrected chi connectivity index (χ2v) is 7.24. The molecule has 1 fully saturated rings. The van der Waals surface area contributed by atoms with Crippen molar-refractivity contribution in [2.45, 2.75) is 57.4 Å². The molecule has 138 valence electrons. The molecule has 0 saturated heterocycles. The molecular weight excluding hydrogens is 330 g/mol. The number of fused-ring (bicyclic) bond motifs is 1. The van der Waals surface area contributed by atoms with E-state index in [9.17, 15) is 4.79 Å². The monoisotopic (exact) mass is 355 g/mol. The van der Waals surface area contributed by atoms with Gasteiger partial charge in [0.15, 0.2) is 5.82 Å². The number of carbonyl (C=O) groups is 1. The number of hydrogen-bond donors (Lipinski definition) is 1. The normalized spacial score (nSPS) is 20.7. The quantitative estimate of drug-likeness (QED) is 0.910. The zero-order valence-electron chi connectivity index (χ0n) is 14.9. The fourth-order valence-corrected chi connectivity index (χ4v) is 3.89. The lowest BCUT2D eigenvalue weighted by molar-refractivity contribution is -0.125. The van der Waals surface area contributed by atoms with Crippen LogP contribution >= 0.6 is 0 Å². The summed E-state index contributed by atoms with van der Waals surface area (Å²) >= 11 is 0. The fourth-order valence-electron chi connectivity index (χ4n) is 3.89. The van der Waals surface area contributed by atoms with Crippen molar-refractivity contribution < 1.29 is 14.1 Å². The first-order valence-corrected chi connectivity index (χ1v) is 9.60. The van der Waals surface area contributed by atoms with Crippen molar-refractivity contribution >= 4 is 5.91 Å². The number of amides is 1. The first-order chi connectivity index (χ1) is 12.8. The van der Waals surface area contributed by atoms with E-state index < -0.39 is 0 Å². The second kappa shape index (κ2) is 7.89. The summed E-state index contributed by atoms with van der Waals surface area (Å²) in [6.07, 6.45) is 7.43. The number of nitrogens with one attached hydrogen (secondary N) is 1. The lowest BCUT2D eigenvalue weighted by atomic mass is 9.89. The minimum atomic E-state index is -0.0978. The molecule has 26 heavy (non-hydrogen) atoms. The van der Waals surface area contributed by atoms with Crippen molar-refractivity contribution in [3.05, 3.63) is 41.5 Å². The van der Waals surface area contributed by atoms with E-state index in [1.807, 2.05) is 24.3 Å². The molecule has 0 spiro atoms. The van der Waals surface area contributed by atoms with Gasteiger partial charge in [0.2, 0.25) is 11.8 Å². The summed E-state index contributed by atoms with van der Waals surface area (Å²) < 4.78 is 11.1. The molecule has 2 aliphatic rings. The first-order valence-electron chi connectivity index (χ1n) is 9.60. The maximum absolute atomic E-state index is 12.6. The van der Waals surface area contributed by atoms with Gasteiger partial charge in [-0.25, -0.2) is 0 Å². The number of para-hydroxylation sites is 1. The molecule has 1 saturated carbocycles. The number of nitrogens with zero attached hydrogens (tertiary/aromatic N) is 2. The van der Waals surface area contributed by atoms with Gasteiger partial charge in [0.25, 0.3) is 0 Å². The third-order valence-electron chi connectivity index (χ3n) is 5.40. The van der Waals surface area contributed by atoms with Crippen LogP contribution < -0.4 is 10.1 Å². The van der Waals surface area contributed by atoms with E-state index in [1.54, 1.807) is 0 Å². The lowest BCUT2D eigenvalue weighted by Crippen LogP contribution is -2.32. The van der Waals surface area contributed by atoms with Crippen LogP contribution in [0.1, 0.15) is 61.7 Å². The third kappa shape index (κ3) is 3.89. The number of carbonyl (C=O) groups excluding carboxylic acids is 1. The summed E-state index contributed by atoms with van der Waals surface area (Å²) in [6.45, 7) is 0.846. The predicted molar refractivity (Wildman–Crippen MR) is 95.7 cm³/mol. The molecule has 1 aromatic carbocycles. The van der Waals surface area contributed by atoms with Crippen molar-refractivity contribution in [3.8, 4) is 5.75 Å². The summed E-state index contributed by atoms with van der Waals surface area (Å²) in [4.78, 5) is 17.1. The van der Waals surface area contributed by atoms with Crippen molar-refractivity contribution in [3.63, 3.8) is 0 Å². The largest absolute Gasteiger partial charge is 0.493 e. The van der Waals surface area contributed by atoms with E-state index in [2.05, 4.69) is 15.5 Å². The topological polar surface area (TPSA) is 77.3 Å². The highest BCUT2D eigenvalue weighted by Crippen LogP contribution is 2.31. The molecule has 2 aromatic rings. The van der Waals surface area contributed by atoms with Gasteiger partial charge in [-0.05, 0) is 37.3 Å². The van der Waals surface area contributed by atoms with Gasteiger partial charge < -0.3 is 14.6 Å². The van der Waals surface area contributed by atoms with Crippen LogP contribution in [-0.2, 0) is 17.8 Å². The van der Waals surface area contributed by atoms with Gasteiger partial charge in [0.1, 0.15) is 5.75 Å². The SMILES string of the molecule is O=C(NCc1nc(C2CCCCC2)no1)[C@H]1CCOc2ccccc2C1. The van der Waals surface area contributed by atoms with Gasteiger partial charge >= 0.3 is 0 Å². The second-order valence-electron chi connectivity index (χ2n) is 7.24. The van der Waals surface area contributed by atoms with Crippen molar-refractivity contribution in [2.24, 2.45) is 5.92 Å². The van der Waals surface area contributed by atoms with Gasteiger partial charge in [0.05, 0.1) is 13.2 Å². The van der Waals surface area contributed by atoms with Crippen LogP contribution in [0.4, 0.5) is 0 Å². The summed E-state index contributed by atoms with van der Waals surface area (Å²) in [7, 11) is 0. The van der Waals surface area contributed by atoms with Gasteiger partial charge in [-0.2, -0.15) is 4.98 Å². The van der Waals surface area contributed by atoms with Gasteiger partial charge in [-0.15, -0.1) is 0 Å². The Kier molecular flexibility index (Phi) is 5.18. The van der Waals surface area contributed by atoms with Crippen LogP contribution in [0.5, 0.6) is 5.75 Å². The van der Waals surface area contributed by atoms with Crippen LogP contribution in [0.2, 0.25) is 0 Å². The fraction of sp³-hybridized carbons (Fsp3) is 0.550. The summed E-state index contributed by atoms with van der Waals surface area (Å²) in [6, 6.07) is 7.92. The van der Waals surface area contributed by atoms with Crippen molar-refractivity contribution in [1.82, 2.24) is 15.5 Å². The molecule has 1 aromatic heterocycles. The van der Waals surface area contributed by atoms with Crippen LogP contribution in [-0.4, -0.2) is 22.7 Å². The minimum absolute atomic E-state index is 0.0164. The highest BCUT2D eigenvalue weighted by molar-refractivity contribution is 5.79. The Morgan fingerprint density at radius 3 is 2.88 bits per heavy atom. The molecule has 1 atom stereocenters. The number of hydrogen-bond acceptors (Lipinski definition) is 5. The van der Waals surface area contributed by atoms with E-state index in [-0.39, 0.29) is 18.4 Å². The molecular formula is C20H25N3O3. The highest BCUT2D eigenvalue weighted by Gasteiger charge is 2.25. The van der Waals surface area contributed by atoms with Crippen LogP contribution in [0.15, 0.2) is 28.8 Å². The molecule has 6 heteroatoms. The van der Waals surface area contributed by atoms with Crippen LogP contribution in [0, 0.1) is 5.92 Å². The summed E-state index contributed by atoms with van der Waals surface area (Å²) in [5.41, 5.74) is 1.09. The molecule has 1 amide bonds. The third-order valence-corrected chi connectivity index (χ3v) is 5.40. The minimum Gasteiger partial charge on any atom is -0.493 e. The van der Waals surface area contributed by atoms with E-state index in [1.165, 1.54) is 19.3 Å². The number of rotatable bonds is 4. The Labute approximate surface area is 153 Å². The van der Waals surface area contributed by atoms with E-state index >= 15 is 0 Å². The van der Waals surface area contributed by atoms with E-state index in [4.69, 9.17) is 9.26 Å². The zero-order valence-corrected chi connectivity index (χ0v) is 14.9. The highest BCUT2D eigenvalue weighted by atomic mass is 16.5. The van der Waals surface area contributed by atoms with Crippen molar-refractivity contribution in [2.75, 3.05) is 6.61 Å². The van der Waals surface area contributed by atoms with Crippen molar-refractivity contribution in [1.29, 1.82) is 0 Å². The Morgan fingerprint density at radius 1 is 1.15 bits per heavy atom. The number of benzene rings is 1. The summed E-state index contributed by atoms with van der Waals surface area (Å²) in [5.74, 6) is 2.50. The summed E-state index contributed by atoms with van der Waals surface area (Å²) in [5, 5.41) is 7.07. The molecule has 2 heterocycles. The molecule has 1 aliphatic carbocycles. The maximum atomic E-state index is 12.6. The smallest absolute Gasteiger partial charge is 0.246 e. The Morgan fingerprint density at radius 2 is 2.00 bits per heavy atom. The van der Waals surface area contributed by atoms with Crippen LogP contribution in [0.3, 0.4) is 0 Å². The Balaban J connectivity index is 1.33. The molecule has 0 radical (unpaired) electrons. The first kappa shape index (κ1) is 17.1. The average molecular weight is 355 g/mol.